The monoisotopic (exact) mass is 597 g/mol. The highest BCUT2D eigenvalue weighted by molar-refractivity contribution is 7.92. The number of halogens is 1. The van der Waals surface area contributed by atoms with Crippen molar-refractivity contribution in [3.8, 4) is 5.75 Å². The van der Waals surface area contributed by atoms with E-state index in [1.165, 1.54) is 30.2 Å². The Morgan fingerprint density at radius 1 is 1.00 bits per heavy atom. The number of amides is 2. The standard InChI is InChI=1S/C31H36ClN3O5S/c1-23(31(37)33-26-12-6-7-13-26)34(20-19-24-9-4-3-5-10-24)30(36)22-35(27-14-8-11-25(32)21-27)41(38,39)29-17-15-28(40-2)16-18-29/h3-5,8-11,14-18,21,23,26H,6-7,12-13,19-20,22H2,1-2H3,(H,33,37)/t23-/m0/s1. The van der Waals surface area contributed by atoms with Crippen LogP contribution in [0.2, 0.25) is 5.02 Å². The molecule has 218 valence electrons. The van der Waals surface area contributed by atoms with E-state index >= 15 is 0 Å². The third-order valence-electron chi connectivity index (χ3n) is 7.38. The first-order valence-corrected chi connectivity index (χ1v) is 15.6. The van der Waals surface area contributed by atoms with Crippen molar-refractivity contribution in [2.75, 3.05) is 24.5 Å². The second kappa shape index (κ2) is 13.9. The van der Waals surface area contributed by atoms with Crippen LogP contribution in [0.5, 0.6) is 5.75 Å². The highest BCUT2D eigenvalue weighted by atomic mass is 35.5. The van der Waals surface area contributed by atoms with Gasteiger partial charge in [-0.25, -0.2) is 8.42 Å². The van der Waals surface area contributed by atoms with E-state index in [1.807, 2.05) is 30.3 Å². The molecule has 0 aromatic heterocycles. The van der Waals surface area contributed by atoms with Crippen LogP contribution in [0.1, 0.15) is 38.2 Å². The molecule has 2 amide bonds. The summed E-state index contributed by atoms with van der Waals surface area (Å²) in [5.74, 6) is -0.235. The maximum atomic E-state index is 14.0. The third kappa shape index (κ3) is 7.80. The van der Waals surface area contributed by atoms with Gasteiger partial charge in [0.1, 0.15) is 18.3 Å². The number of ether oxygens (including phenoxy) is 1. The molecule has 0 heterocycles. The first-order valence-electron chi connectivity index (χ1n) is 13.7. The van der Waals surface area contributed by atoms with E-state index in [0.29, 0.717) is 17.2 Å². The highest BCUT2D eigenvalue weighted by Gasteiger charge is 2.33. The van der Waals surface area contributed by atoms with Gasteiger partial charge in [0.2, 0.25) is 11.8 Å². The Morgan fingerprint density at radius 2 is 1.68 bits per heavy atom. The van der Waals surface area contributed by atoms with Crippen molar-refractivity contribution in [3.05, 3.63) is 89.4 Å². The summed E-state index contributed by atoms with van der Waals surface area (Å²) in [5.41, 5.74) is 1.25. The average Bonchev–Trinajstić information content (AvgIpc) is 3.49. The van der Waals surface area contributed by atoms with Gasteiger partial charge in [-0.1, -0.05) is 60.8 Å². The maximum absolute atomic E-state index is 14.0. The van der Waals surface area contributed by atoms with Crippen LogP contribution >= 0.6 is 11.6 Å². The number of rotatable bonds is 12. The molecule has 0 spiro atoms. The lowest BCUT2D eigenvalue weighted by Gasteiger charge is -2.32. The van der Waals surface area contributed by atoms with Gasteiger partial charge < -0.3 is 15.0 Å². The summed E-state index contributed by atoms with van der Waals surface area (Å²) in [5, 5.41) is 3.41. The van der Waals surface area contributed by atoms with E-state index < -0.39 is 28.5 Å². The number of benzene rings is 3. The van der Waals surface area contributed by atoms with Crippen LogP contribution in [0.25, 0.3) is 0 Å². The van der Waals surface area contributed by atoms with Crippen LogP contribution in [0.15, 0.2) is 83.8 Å². The fourth-order valence-electron chi connectivity index (χ4n) is 5.00. The van der Waals surface area contributed by atoms with Crippen LogP contribution in [-0.4, -0.2) is 57.4 Å². The number of nitrogens with zero attached hydrogens (tertiary/aromatic N) is 2. The molecule has 1 atom stereocenters. The van der Waals surface area contributed by atoms with Crippen molar-refractivity contribution in [2.24, 2.45) is 0 Å². The van der Waals surface area contributed by atoms with Gasteiger partial charge in [0, 0.05) is 17.6 Å². The minimum absolute atomic E-state index is 0.00561. The molecule has 41 heavy (non-hydrogen) atoms. The molecule has 0 bridgehead atoms. The van der Waals surface area contributed by atoms with Gasteiger partial charge in [0.05, 0.1) is 17.7 Å². The number of methoxy groups -OCH3 is 1. The fourth-order valence-corrected chi connectivity index (χ4v) is 6.59. The summed E-state index contributed by atoms with van der Waals surface area (Å²) in [6.45, 7) is 1.42. The number of carbonyl (C=O) groups is 2. The van der Waals surface area contributed by atoms with Crippen LogP contribution in [-0.2, 0) is 26.0 Å². The summed E-state index contributed by atoms with van der Waals surface area (Å²) >= 11 is 6.23. The predicted octanol–water partition coefficient (Wildman–Crippen LogP) is 5.06. The summed E-state index contributed by atoms with van der Waals surface area (Å²) in [6.07, 6.45) is 4.47. The van der Waals surface area contributed by atoms with Gasteiger partial charge in [-0.05, 0) is 74.2 Å². The largest absolute Gasteiger partial charge is 0.497 e. The van der Waals surface area contributed by atoms with E-state index in [4.69, 9.17) is 16.3 Å². The van der Waals surface area contributed by atoms with Gasteiger partial charge in [-0.2, -0.15) is 0 Å². The Kier molecular flexibility index (Phi) is 10.3. The molecular formula is C31H36ClN3O5S. The molecule has 1 aliphatic rings. The Bertz CT molecular complexity index is 1430. The Balaban J connectivity index is 1.64. The summed E-state index contributed by atoms with van der Waals surface area (Å²) in [4.78, 5) is 28.7. The second-order valence-corrected chi connectivity index (χ2v) is 12.5. The molecule has 3 aromatic rings. The second-order valence-electron chi connectivity index (χ2n) is 10.2. The molecule has 1 fully saturated rings. The molecule has 3 aromatic carbocycles. The van der Waals surface area contributed by atoms with E-state index in [1.54, 1.807) is 37.3 Å². The van der Waals surface area contributed by atoms with Crippen molar-refractivity contribution in [1.29, 1.82) is 0 Å². The SMILES string of the molecule is COc1ccc(S(=O)(=O)N(CC(=O)N(CCc2ccccc2)[C@@H](C)C(=O)NC2CCCC2)c2cccc(Cl)c2)cc1. The smallest absolute Gasteiger partial charge is 0.264 e. The average molecular weight is 598 g/mol. The van der Waals surface area contributed by atoms with E-state index in [9.17, 15) is 18.0 Å². The van der Waals surface area contributed by atoms with Gasteiger partial charge in [-0.3, -0.25) is 13.9 Å². The maximum Gasteiger partial charge on any atom is 0.264 e. The van der Waals surface area contributed by atoms with Crippen molar-refractivity contribution < 1.29 is 22.7 Å². The fraction of sp³-hybridized carbons (Fsp3) is 0.355. The number of hydrogen-bond donors (Lipinski definition) is 1. The molecule has 1 aliphatic carbocycles. The molecular weight excluding hydrogens is 562 g/mol. The summed E-state index contributed by atoms with van der Waals surface area (Å²) in [7, 11) is -2.69. The van der Waals surface area contributed by atoms with E-state index in [-0.39, 0.29) is 29.1 Å². The van der Waals surface area contributed by atoms with E-state index in [2.05, 4.69) is 5.32 Å². The van der Waals surface area contributed by atoms with Gasteiger partial charge in [0.15, 0.2) is 0 Å². The molecule has 0 aliphatic heterocycles. The number of nitrogens with one attached hydrogen (secondary N) is 1. The Hall–Kier alpha value is -3.56. The minimum atomic E-state index is -4.19. The van der Waals surface area contributed by atoms with Crippen LogP contribution < -0.4 is 14.4 Å². The molecule has 0 radical (unpaired) electrons. The number of anilines is 1. The number of hydrogen-bond acceptors (Lipinski definition) is 5. The first kappa shape index (κ1) is 30.4. The predicted molar refractivity (Wildman–Crippen MR) is 161 cm³/mol. The lowest BCUT2D eigenvalue weighted by Crippen LogP contribution is -2.53. The summed E-state index contributed by atoms with van der Waals surface area (Å²) < 4.78 is 34.0. The van der Waals surface area contributed by atoms with Crippen LogP contribution in [0.3, 0.4) is 0 Å². The van der Waals surface area contributed by atoms with Crippen LogP contribution in [0.4, 0.5) is 5.69 Å². The molecule has 1 saturated carbocycles. The zero-order valence-electron chi connectivity index (χ0n) is 23.3. The molecule has 0 unspecified atom stereocenters. The van der Waals surface area contributed by atoms with Crippen molar-refractivity contribution in [1.82, 2.24) is 10.2 Å². The van der Waals surface area contributed by atoms with Gasteiger partial charge in [-0.15, -0.1) is 0 Å². The quantitative estimate of drug-likeness (QED) is 0.315. The van der Waals surface area contributed by atoms with E-state index in [0.717, 1.165) is 35.6 Å². The van der Waals surface area contributed by atoms with Crippen molar-refractivity contribution >= 4 is 39.1 Å². The number of sulfonamides is 1. The van der Waals surface area contributed by atoms with Crippen molar-refractivity contribution in [2.45, 2.75) is 56.0 Å². The number of carbonyl (C=O) groups excluding carboxylic acids is 2. The molecule has 8 nitrogen and oxygen atoms in total. The molecule has 4 rings (SSSR count). The van der Waals surface area contributed by atoms with Gasteiger partial charge in [0.25, 0.3) is 10.0 Å². The third-order valence-corrected chi connectivity index (χ3v) is 9.40. The first-order chi connectivity index (χ1) is 19.7. The zero-order valence-corrected chi connectivity index (χ0v) is 24.9. The minimum Gasteiger partial charge on any atom is -0.497 e. The molecule has 0 saturated heterocycles. The lowest BCUT2D eigenvalue weighted by atomic mass is 10.1. The normalized spacial score (nSPS) is 14.3. The summed E-state index contributed by atoms with van der Waals surface area (Å²) in [6, 6.07) is 21.3. The van der Waals surface area contributed by atoms with Crippen molar-refractivity contribution in [3.63, 3.8) is 0 Å². The molecule has 10 heteroatoms. The zero-order chi connectivity index (χ0) is 29.4. The Morgan fingerprint density at radius 3 is 2.32 bits per heavy atom. The topological polar surface area (TPSA) is 96.0 Å². The molecule has 1 N–H and O–H groups in total. The van der Waals surface area contributed by atoms with Crippen LogP contribution in [0, 0.1) is 0 Å². The van der Waals surface area contributed by atoms with Gasteiger partial charge >= 0.3 is 0 Å². The highest BCUT2D eigenvalue weighted by Crippen LogP contribution is 2.28. The Labute approximate surface area is 247 Å². The lowest BCUT2D eigenvalue weighted by molar-refractivity contribution is -0.139.